The van der Waals surface area contributed by atoms with E-state index in [0.29, 0.717) is 25.0 Å². The van der Waals surface area contributed by atoms with E-state index in [1.807, 2.05) is 0 Å². The summed E-state index contributed by atoms with van der Waals surface area (Å²) in [4.78, 5) is 12.4. The molecule has 2 aromatic rings. The van der Waals surface area contributed by atoms with Gasteiger partial charge in [0.15, 0.2) is 27.3 Å². The minimum absolute atomic E-state index is 0.0323. The number of benzene rings is 2. The smallest absolute Gasteiger partial charge is 0.255 e. The van der Waals surface area contributed by atoms with Crippen LogP contribution in [-0.2, 0) is 19.9 Å². The fourth-order valence-electron chi connectivity index (χ4n) is 5.58. The predicted octanol–water partition coefficient (Wildman–Crippen LogP) is 3.64. The van der Waals surface area contributed by atoms with Gasteiger partial charge in [0, 0.05) is 29.9 Å². The van der Waals surface area contributed by atoms with Crippen LogP contribution in [0.25, 0.3) is 0 Å². The van der Waals surface area contributed by atoms with Gasteiger partial charge in [-0.2, -0.15) is 0 Å². The Morgan fingerprint density at radius 3 is 2.18 bits per heavy atom. The first-order valence-electron chi connectivity index (χ1n) is 11.8. The highest BCUT2D eigenvalue weighted by Crippen LogP contribution is 2.53. The molecule has 2 saturated carbocycles. The third-order valence-corrected chi connectivity index (χ3v) is 10.8. The number of sulfonamides is 1. The van der Waals surface area contributed by atoms with E-state index in [9.17, 15) is 39.9 Å². The van der Waals surface area contributed by atoms with Gasteiger partial charge in [0.25, 0.3) is 5.91 Å². The highest BCUT2D eigenvalue weighted by atomic mass is 35.5. The first kappa shape index (κ1) is 28.8. The number of carbonyl (C=O) groups excluding carboxylic acids is 1. The molecule has 2 atom stereocenters. The van der Waals surface area contributed by atoms with Gasteiger partial charge in [0.1, 0.15) is 0 Å². The predicted molar refractivity (Wildman–Crippen MR) is 135 cm³/mol. The van der Waals surface area contributed by atoms with E-state index in [-0.39, 0.29) is 58.8 Å². The number of rotatable bonds is 8. The highest BCUT2D eigenvalue weighted by molar-refractivity contribution is 7.92. The quantitative estimate of drug-likeness (QED) is 0.400. The zero-order valence-electron chi connectivity index (χ0n) is 20.2. The number of fused-ring (bicyclic) bond motifs is 2. The van der Waals surface area contributed by atoms with Crippen molar-refractivity contribution in [2.24, 2.45) is 11.8 Å². The van der Waals surface area contributed by atoms with Crippen molar-refractivity contribution in [2.75, 3.05) is 18.1 Å². The monoisotopic (exact) mass is 594 g/mol. The average Bonchev–Trinajstić information content (AvgIpc) is 2.98. The van der Waals surface area contributed by atoms with Crippen molar-refractivity contribution in [3.8, 4) is 0 Å². The zero-order chi connectivity index (χ0) is 28.0. The Morgan fingerprint density at radius 2 is 1.63 bits per heavy atom. The summed E-state index contributed by atoms with van der Waals surface area (Å²) < 4.78 is 92.6. The van der Waals surface area contributed by atoms with Crippen molar-refractivity contribution in [1.82, 2.24) is 4.72 Å². The first-order valence-corrected chi connectivity index (χ1v) is 15.6. The Morgan fingerprint density at radius 1 is 1.05 bits per heavy atom. The lowest BCUT2D eigenvalue weighted by Gasteiger charge is -2.42. The molecule has 3 N–H and O–H groups in total. The maximum Gasteiger partial charge on any atom is 0.255 e. The lowest BCUT2D eigenvalue weighted by atomic mass is 9.72. The van der Waals surface area contributed by atoms with Crippen LogP contribution in [0.3, 0.4) is 0 Å². The summed E-state index contributed by atoms with van der Waals surface area (Å²) in [5.74, 6) is -6.31. The number of carbonyl (C=O) groups is 1. The number of nitrogens with one attached hydrogen (secondary N) is 2. The molecule has 2 bridgehead atoms. The number of hydrogen-bond donors (Lipinski definition) is 3. The molecule has 208 valence electrons. The van der Waals surface area contributed by atoms with E-state index in [4.69, 9.17) is 11.6 Å². The molecule has 2 aliphatic carbocycles. The van der Waals surface area contributed by atoms with Crippen LogP contribution in [0.5, 0.6) is 0 Å². The van der Waals surface area contributed by atoms with Crippen LogP contribution in [-0.4, -0.2) is 51.5 Å². The largest absolute Gasteiger partial charge is 0.389 e. The molecule has 14 heteroatoms. The molecule has 0 radical (unpaired) electrons. The minimum atomic E-state index is -4.06. The third-order valence-electron chi connectivity index (χ3n) is 7.44. The van der Waals surface area contributed by atoms with Crippen molar-refractivity contribution in [1.29, 1.82) is 0 Å². The van der Waals surface area contributed by atoms with Crippen LogP contribution in [0.15, 0.2) is 35.2 Å². The van der Waals surface area contributed by atoms with Gasteiger partial charge in [0.2, 0.25) is 10.0 Å². The van der Waals surface area contributed by atoms with Gasteiger partial charge in [-0.25, -0.2) is 34.7 Å². The van der Waals surface area contributed by atoms with E-state index in [2.05, 4.69) is 10.0 Å². The molecule has 0 saturated heterocycles. The fourth-order valence-corrected chi connectivity index (χ4v) is 8.46. The Hall–Kier alpha value is -2.19. The number of halogens is 4. The third kappa shape index (κ3) is 5.71. The summed E-state index contributed by atoms with van der Waals surface area (Å²) >= 11 is 6.21. The molecule has 0 aromatic heterocycles. The molecule has 2 aromatic carbocycles. The summed E-state index contributed by atoms with van der Waals surface area (Å²) in [5, 5.41) is 12.5. The van der Waals surface area contributed by atoms with E-state index >= 15 is 0 Å². The van der Waals surface area contributed by atoms with E-state index < -0.39 is 54.1 Å². The topological polar surface area (TPSA) is 130 Å². The van der Waals surface area contributed by atoms with E-state index in [0.717, 1.165) is 12.3 Å². The molecular weight excluding hydrogens is 569 g/mol. The Labute approximate surface area is 223 Å². The lowest BCUT2D eigenvalue weighted by Crippen LogP contribution is -2.49. The van der Waals surface area contributed by atoms with Crippen LogP contribution in [0.4, 0.5) is 18.9 Å². The zero-order valence-corrected chi connectivity index (χ0v) is 22.6. The molecule has 8 nitrogen and oxygen atoms in total. The van der Waals surface area contributed by atoms with Gasteiger partial charge in [-0.1, -0.05) is 11.6 Å². The summed E-state index contributed by atoms with van der Waals surface area (Å²) in [5.41, 5.74) is -1.71. The molecule has 0 aliphatic heterocycles. The molecular formula is C24H26ClF3N2O6S2. The number of sulfone groups is 1. The summed E-state index contributed by atoms with van der Waals surface area (Å²) in [7, 11) is -7.50. The number of aliphatic hydroxyl groups is 1. The van der Waals surface area contributed by atoms with Crippen molar-refractivity contribution < 1.29 is 39.9 Å². The second kappa shape index (κ2) is 10.4. The van der Waals surface area contributed by atoms with Gasteiger partial charge in [0.05, 0.1) is 27.0 Å². The van der Waals surface area contributed by atoms with Gasteiger partial charge < -0.3 is 10.4 Å². The first-order chi connectivity index (χ1) is 17.6. The minimum Gasteiger partial charge on any atom is -0.389 e. The molecule has 2 fully saturated rings. The second-order valence-corrected chi connectivity index (χ2v) is 14.3. The van der Waals surface area contributed by atoms with Crippen molar-refractivity contribution >= 4 is 43.1 Å². The number of amides is 1. The lowest BCUT2D eigenvalue weighted by molar-refractivity contribution is -0.0633. The van der Waals surface area contributed by atoms with Gasteiger partial charge >= 0.3 is 0 Å². The maximum atomic E-state index is 13.6. The number of hydrogen-bond acceptors (Lipinski definition) is 6. The fraction of sp³-hybridized carbons (Fsp3) is 0.458. The standard InChI is InChI=1S/C24H26ClF3N2O6S2/c1-37(33,34)29-7-6-24(32)14-3-4-15(24)10-17(9-14)38(35,36)21-8-13(2-5-18(21)25)23(31)30-16-11-19(26)22(28)20(27)12-16/h2,5,8,11-12,14-15,17,29,32H,3-4,6-7,9-10H2,1H3,(H,30,31)/t14?,15?,17-,24-. The maximum absolute atomic E-state index is 13.6. The molecule has 1 amide bonds. The van der Waals surface area contributed by atoms with Crippen LogP contribution in [0, 0.1) is 29.3 Å². The van der Waals surface area contributed by atoms with E-state index in [1.165, 1.54) is 12.1 Å². The molecule has 4 rings (SSSR count). The normalized spacial score (nSPS) is 25.4. The van der Waals surface area contributed by atoms with Crippen LogP contribution in [0.1, 0.15) is 42.5 Å². The molecule has 2 aliphatic rings. The van der Waals surface area contributed by atoms with Crippen LogP contribution >= 0.6 is 11.6 Å². The van der Waals surface area contributed by atoms with Crippen molar-refractivity contribution in [3.05, 3.63) is 58.4 Å². The van der Waals surface area contributed by atoms with E-state index in [1.54, 1.807) is 0 Å². The summed E-state index contributed by atoms with van der Waals surface area (Å²) in [6, 6.07) is 4.72. The SMILES string of the molecule is CS(=O)(=O)NCC[C@]1(O)C2CCC1C[C@@H](S(=O)(=O)c1cc(C(=O)Nc3cc(F)c(F)c(F)c3)ccc1Cl)C2. The van der Waals surface area contributed by atoms with Gasteiger partial charge in [-0.15, -0.1) is 0 Å². The number of anilines is 1. The Bertz CT molecular complexity index is 1450. The van der Waals surface area contributed by atoms with Crippen LogP contribution in [0.2, 0.25) is 5.02 Å². The second-order valence-electron chi connectivity index (χ2n) is 9.87. The Kier molecular flexibility index (Phi) is 7.90. The molecule has 0 heterocycles. The van der Waals surface area contributed by atoms with Crippen molar-refractivity contribution in [2.45, 2.75) is 47.9 Å². The van der Waals surface area contributed by atoms with Crippen molar-refractivity contribution in [3.63, 3.8) is 0 Å². The molecule has 0 spiro atoms. The van der Waals surface area contributed by atoms with Gasteiger partial charge in [-0.05, 0) is 62.1 Å². The van der Waals surface area contributed by atoms with Crippen LogP contribution < -0.4 is 10.0 Å². The highest BCUT2D eigenvalue weighted by Gasteiger charge is 2.55. The Balaban J connectivity index is 1.53. The molecule has 2 unspecified atom stereocenters. The summed E-state index contributed by atoms with van der Waals surface area (Å²) in [6.45, 7) is 0.0323. The molecule has 38 heavy (non-hydrogen) atoms. The average molecular weight is 595 g/mol. The summed E-state index contributed by atoms with van der Waals surface area (Å²) in [6.07, 6.45) is 2.62. The van der Waals surface area contributed by atoms with Gasteiger partial charge in [-0.3, -0.25) is 4.79 Å².